The summed E-state index contributed by atoms with van der Waals surface area (Å²) >= 11 is 0. The zero-order chi connectivity index (χ0) is 16.4. The summed E-state index contributed by atoms with van der Waals surface area (Å²) < 4.78 is 26.3. The topological polar surface area (TPSA) is 95.6 Å². The number of nitrogens with zero attached hydrogens (tertiary/aromatic N) is 1. The average Bonchev–Trinajstić information content (AvgIpc) is 3.13. The van der Waals surface area contributed by atoms with Gasteiger partial charge in [0.15, 0.2) is 0 Å². The van der Waals surface area contributed by atoms with Crippen LogP contribution in [0.2, 0.25) is 0 Å². The first-order valence-electron chi connectivity index (χ1n) is 7.60. The number of carbonyl (C=O) groups excluding carboxylic acids is 2. The molecule has 23 heavy (non-hydrogen) atoms. The maximum absolute atomic E-state index is 12.5. The summed E-state index contributed by atoms with van der Waals surface area (Å²) in [5, 5.41) is 5.20. The quantitative estimate of drug-likeness (QED) is 0.766. The molecule has 0 radical (unpaired) electrons. The number of fused-ring (bicyclic) bond motifs is 1. The van der Waals surface area contributed by atoms with Crippen molar-refractivity contribution in [2.45, 2.75) is 12.8 Å². The Kier molecular flexibility index (Phi) is 4.25. The van der Waals surface area contributed by atoms with Gasteiger partial charge in [0.25, 0.3) is 0 Å². The van der Waals surface area contributed by atoms with Crippen LogP contribution in [0, 0.1) is 5.92 Å². The smallest absolute Gasteiger partial charge is 0.236 e. The van der Waals surface area contributed by atoms with Gasteiger partial charge in [0, 0.05) is 26.1 Å². The fourth-order valence-corrected chi connectivity index (χ4v) is 4.37. The molecule has 2 aliphatic heterocycles. The molecule has 8 heteroatoms. The molecule has 1 aromatic carbocycles. The third-order valence-electron chi connectivity index (χ3n) is 4.19. The lowest BCUT2D eigenvalue weighted by Gasteiger charge is -2.19. The lowest BCUT2D eigenvalue weighted by Crippen LogP contribution is -2.39. The zero-order valence-electron chi connectivity index (χ0n) is 12.6. The van der Waals surface area contributed by atoms with Gasteiger partial charge < -0.3 is 10.6 Å². The van der Waals surface area contributed by atoms with Crippen molar-refractivity contribution in [1.82, 2.24) is 10.6 Å². The molecule has 1 fully saturated rings. The molecule has 0 aliphatic carbocycles. The van der Waals surface area contributed by atoms with E-state index in [1.165, 1.54) is 4.31 Å². The molecule has 0 unspecified atom stereocenters. The second kappa shape index (κ2) is 6.19. The van der Waals surface area contributed by atoms with E-state index in [0.717, 1.165) is 11.3 Å². The summed E-state index contributed by atoms with van der Waals surface area (Å²) in [7, 11) is -3.47. The molecule has 2 amide bonds. The minimum atomic E-state index is -3.47. The first-order valence-corrected chi connectivity index (χ1v) is 9.21. The third kappa shape index (κ3) is 3.31. The summed E-state index contributed by atoms with van der Waals surface area (Å²) in [6.45, 7) is 0.804. The van der Waals surface area contributed by atoms with Gasteiger partial charge >= 0.3 is 0 Å². The fourth-order valence-electron chi connectivity index (χ4n) is 2.95. The van der Waals surface area contributed by atoms with Crippen molar-refractivity contribution < 1.29 is 18.0 Å². The number of carbonyl (C=O) groups is 2. The van der Waals surface area contributed by atoms with Crippen LogP contribution in [-0.4, -0.2) is 45.6 Å². The molecule has 0 aromatic heterocycles. The molecule has 1 saturated heterocycles. The number of sulfonamides is 1. The van der Waals surface area contributed by atoms with Crippen LogP contribution in [-0.2, 0) is 26.0 Å². The van der Waals surface area contributed by atoms with E-state index in [1.807, 2.05) is 18.2 Å². The van der Waals surface area contributed by atoms with Crippen LogP contribution in [0.4, 0.5) is 5.69 Å². The Hall–Kier alpha value is -2.09. The van der Waals surface area contributed by atoms with Crippen molar-refractivity contribution in [2.24, 2.45) is 5.92 Å². The van der Waals surface area contributed by atoms with Crippen molar-refractivity contribution in [2.75, 3.05) is 29.7 Å². The number of para-hydroxylation sites is 1. The molecule has 0 spiro atoms. The molecule has 1 aromatic rings. The SMILES string of the molecule is O=C1C[C@H](C(=O)NCCS(=O)(=O)N2CCc3ccccc32)CN1. The Morgan fingerprint density at radius 1 is 1.35 bits per heavy atom. The van der Waals surface area contributed by atoms with Gasteiger partial charge in [-0.1, -0.05) is 18.2 Å². The van der Waals surface area contributed by atoms with E-state index in [1.54, 1.807) is 6.07 Å². The Morgan fingerprint density at radius 3 is 2.87 bits per heavy atom. The lowest BCUT2D eigenvalue weighted by molar-refractivity contribution is -0.126. The molecule has 0 bridgehead atoms. The van der Waals surface area contributed by atoms with Crippen molar-refractivity contribution in [1.29, 1.82) is 0 Å². The maximum Gasteiger partial charge on any atom is 0.236 e. The van der Waals surface area contributed by atoms with Crippen molar-refractivity contribution >= 4 is 27.5 Å². The number of hydrogen-bond donors (Lipinski definition) is 2. The minimum absolute atomic E-state index is 0.0462. The van der Waals surface area contributed by atoms with E-state index in [0.29, 0.717) is 19.5 Å². The number of amides is 2. The van der Waals surface area contributed by atoms with Crippen LogP contribution in [0.1, 0.15) is 12.0 Å². The second-order valence-corrected chi connectivity index (χ2v) is 7.78. The molecule has 1 atom stereocenters. The van der Waals surface area contributed by atoms with Gasteiger partial charge in [-0.2, -0.15) is 0 Å². The van der Waals surface area contributed by atoms with Crippen molar-refractivity contribution in [3.05, 3.63) is 29.8 Å². The Labute approximate surface area is 135 Å². The van der Waals surface area contributed by atoms with Gasteiger partial charge in [0.1, 0.15) is 0 Å². The zero-order valence-corrected chi connectivity index (χ0v) is 13.4. The predicted octanol–water partition coefficient (Wildman–Crippen LogP) is -0.369. The monoisotopic (exact) mass is 337 g/mol. The van der Waals surface area contributed by atoms with Gasteiger partial charge in [-0.05, 0) is 18.1 Å². The molecular formula is C15H19N3O4S. The van der Waals surface area contributed by atoms with Crippen LogP contribution in [0.5, 0.6) is 0 Å². The van der Waals surface area contributed by atoms with Crippen LogP contribution in [0.3, 0.4) is 0 Å². The van der Waals surface area contributed by atoms with E-state index in [9.17, 15) is 18.0 Å². The van der Waals surface area contributed by atoms with E-state index in [2.05, 4.69) is 10.6 Å². The summed E-state index contributed by atoms with van der Waals surface area (Å²) in [6, 6.07) is 7.44. The Bertz CT molecular complexity index is 732. The molecule has 3 rings (SSSR count). The minimum Gasteiger partial charge on any atom is -0.355 e. The fraction of sp³-hybridized carbons (Fsp3) is 0.467. The summed E-state index contributed by atoms with van der Waals surface area (Å²) in [6.07, 6.45) is 0.871. The summed E-state index contributed by atoms with van der Waals surface area (Å²) in [4.78, 5) is 23.0. The van der Waals surface area contributed by atoms with Crippen LogP contribution in [0.15, 0.2) is 24.3 Å². The molecule has 124 valence electrons. The highest BCUT2D eigenvalue weighted by atomic mass is 32.2. The molecule has 2 N–H and O–H groups in total. The van der Waals surface area contributed by atoms with Crippen LogP contribution >= 0.6 is 0 Å². The number of anilines is 1. The molecule has 7 nitrogen and oxygen atoms in total. The number of benzene rings is 1. The van der Waals surface area contributed by atoms with Gasteiger partial charge in [0.2, 0.25) is 21.8 Å². The van der Waals surface area contributed by atoms with E-state index in [4.69, 9.17) is 0 Å². The standard InChI is InChI=1S/C15H19N3O4S/c19-14-9-12(10-17-14)15(20)16-6-8-23(21,22)18-7-5-11-3-1-2-4-13(11)18/h1-4,12H,5-10H2,(H,16,20)(H,17,19)/t12-/m0/s1. The van der Waals surface area contributed by atoms with Crippen molar-refractivity contribution in [3.63, 3.8) is 0 Å². The summed E-state index contributed by atoms with van der Waals surface area (Å²) in [5.74, 6) is -0.981. The number of rotatable bonds is 5. The number of hydrogen-bond acceptors (Lipinski definition) is 4. The Balaban J connectivity index is 1.56. The van der Waals surface area contributed by atoms with Gasteiger partial charge in [-0.3, -0.25) is 13.9 Å². The second-order valence-electron chi connectivity index (χ2n) is 5.76. The van der Waals surface area contributed by atoms with Gasteiger partial charge in [0.05, 0.1) is 17.4 Å². The highest BCUT2D eigenvalue weighted by Gasteiger charge is 2.30. The normalized spacial score (nSPS) is 20.3. The predicted molar refractivity (Wildman–Crippen MR) is 85.4 cm³/mol. The van der Waals surface area contributed by atoms with E-state index >= 15 is 0 Å². The van der Waals surface area contributed by atoms with Crippen LogP contribution < -0.4 is 14.9 Å². The van der Waals surface area contributed by atoms with E-state index in [-0.39, 0.29) is 30.5 Å². The third-order valence-corrected chi connectivity index (χ3v) is 5.96. The first kappa shape index (κ1) is 15.8. The largest absolute Gasteiger partial charge is 0.355 e. The maximum atomic E-state index is 12.5. The highest BCUT2D eigenvalue weighted by Crippen LogP contribution is 2.29. The lowest BCUT2D eigenvalue weighted by atomic mass is 10.1. The number of nitrogens with one attached hydrogen (secondary N) is 2. The van der Waals surface area contributed by atoms with Gasteiger partial charge in [-0.15, -0.1) is 0 Å². The average molecular weight is 337 g/mol. The highest BCUT2D eigenvalue weighted by molar-refractivity contribution is 7.92. The van der Waals surface area contributed by atoms with Crippen molar-refractivity contribution in [3.8, 4) is 0 Å². The molecule has 2 heterocycles. The molecule has 0 saturated carbocycles. The molecular weight excluding hydrogens is 318 g/mol. The van der Waals surface area contributed by atoms with E-state index < -0.39 is 15.9 Å². The van der Waals surface area contributed by atoms with Crippen LogP contribution in [0.25, 0.3) is 0 Å². The summed E-state index contributed by atoms with van der Waals surface area (Å²) in [5.41, 5.74) is 1.75. The first-order chi connectivity index (χ1) is 11.0. The molecule has 2 aliphatic rings. The Morgan fingerprint density at radius 2 is 2.13 bits per heavy atom. The van der Waals surface area contributed by atoms with Gasteiger partial charge in [-0.25, -0.2) is 8.42 Å².